The standard InChI is InChI=1S/C17H21N3OS.2ClH/c1-20(14-7-9-18-10-8-14)17(21)15-12-22-16(19-15)11-13-5-3-2-4-6-13;;/h2-6,12,14,18H,7-11H2,1H3;2*1H. The van der Waals surface area contributed by atoms with Crippen LogP contribution in [-0.2, 0) is 6.42 Å². The maximum Gasteiger partial charge on any atom is 0.273 e. The van der Waals surface area contributed by atoms with Crippen LogP contribution in [0.4, 0.5) is 0 Å². The third kappa shape index (κ3) is 5.18. The van der Waals surface area contributed by atoms with Crippen molar-refractivity contribution in [1.82, 2.24) is 15.2 Å². The fourth-order valence-electron chi connectivity index (χ4n) is 2.80. The van der Waals surface area contributed by atoms with Crippen LogP contribution in [0.1, 0.15) is 33.9 Å². The van der Waals surface area contributed by atoms with E-state index in [0.717, 1.165) is 37.4 Å². The zero-order valence-corrected chi connectivity index (χ0v) is 16.1. The maximum absolute atomic E-state index is 12.6. The van der Waals surface area contributed by atoms with Gasteiger partial charge in [0, 0.05) is 24.9 Å². The SMILES string of the molecule is CN(C(=O)c1csc(Cc2ccccc2)n1)C1CCNCC1.Cl.Cl. The molecule has 0 aliphatic carbocycles. The Labute approximate surface area is 159 Å². The molecule has 24 heavy (non-hydrogen) atoms. The largest absolute Gasteiger partial charge is 0.337 e. The predicted molar refractivity (Wildman–Crippen MR) is 104 cm³/mol. The molecule has 1 aromatic heterocycles. The van der Waals surface area contributed by atoms with Crippen molar-refractivity contribution in [3.8, 4) is 0 Å². The Morgan fingerprint density at radius 2 is 1.92 bits per heavy atom. The van der Waals surface area contributed by atoms with E-state index in [-0.39, 0.29) is 30.7 Å². The van der Waals surface area contributed by atoms with Crippen LogP contribution in [0.5, 0.6) is 0 Å². The Hall–Kier alpha value is -1.14. The number of hydrogen-bond donors (Lipinski definition) is 1. The minimum atomic E-state index is 0. The van der Waals surface area contributed by atoms with Crippen LogP contribution in [0.15, 0.2) is 35.7 Å². The highest BCUT2D eigenvalue weighted by Gasteiger charge is 2.24. The van der Waals surface area contributed by atoms with Crippen molar-refractivity contribution < 1.29 is 4.79 Å². The van der Waals surface area contributed by atoms with E-state index >= 15 is 0 Å². The van der Waals surface area contributed by atoms with Gasteiger partial charge in [-0.1, -0.05) is 30.3 Å². The lowest BCUT2D eigenvalue weighted by Crippen LogP contribution is -2.44. The van der Waals surface area contributed by atoms with Gasteiger partial charge in [-0.15, -0.1) is 36.2 Å². The van der Waals surface area contributed by atoms with E-state index in [9.17, 15) is 4.79 Å². The van der Waals surface area contributed by atoms with Crippen LogP contribution in [0.25, 0.3) is 0 Å². The fourth-order valence-corrected chi connectivity index (χ4v) is 3.60. The number of benzene rings is 1. The van der Waals surface area contributed by atoms with E-state index in [0.29, 0.717) is 11.7 Å². The van der Waals surface area contributed by atoms with Gasteiger partial charge < -0.3 is 10.2 Å². The molecule has 132 valence electrons. The number of carbonyl (C=O) groups excluding carboxylic acids is 1. The van der Waals surface area contributed by atoms with Crippen molar-refractivity contribution >= 4 is 42.1 Å². The van der Waals surface area contributed by atoms with Crippen LogP contribution in [0.2, 0.25) is 0 Å². The van der Waals surface area contributed by atoms with Crippen LogP contribution in [0, 0.1) is 0 Å². The van der Waals surface area contributed by atoms with Gasteiger partial charge in [0.25, 0.3) is 5.91 Å². The molecule has 0 saturated carbocycles. The first-order valence-corrected chi connectivity index (χ1v) is 8.58. The van der Waals surface area contributed by atoms with Crippen molar-refractivity contribution in [3.05, 3.63) is 52.0 Å². The van der Waals surface area contributed by atoms with Gasteiger partial charge in [-0.2, -0.15) is 0 Å². The molecule has 0 atom stereocenters. The number of piperidine rings is 1. The summed E-state index contributed by atoms with van der Waals surface area (Å²) < 4.78 is 0. The smallest absolute Gasteiger partial charge is 0.273 e. The molecule has 0 unspecified atom stereocenters. The second-order valence-corrected chi connectivity index (χ2v) is 6.63. The Morgan fingerprint density at radius 1 is 1.25 bits per heavy atom. The zero-order valence-electron chi connectivity index (χ0n) is 13.6. The molecule has 1 aliphatic heterocycles. The van der Waals surface area contributed by atoms with Gasteiger partial charge in [-0.3, -0.25) is 4.79 Å². The van der Waals surface area contributed by atoms with Crippen LogP contribution in [-0.4, -0.2) is 42.0 Å². The average molecular weight is 388 g/mol. The first-order chi connectivity index (χ1) is 10.7. The van der Waals surface area contributed by atoms with Crippen molar-refractivity contribution in [2.75, 3.05) is 20.1 Å². The Bertz CT molecular complexity index is 630. The summed E-state index contributed by atoms with van der Waals surface area (Å²) >= 11 is 1.57. The molecule has 1 amide bonds. The molecule has 3 rings (SSSR count). The Morgan fingerprint density at radius 3 is 2.58 bits per heavy atom. The van der Waals surface area contributed by atoms with Gasteiger partial charge in [-0.25, -0.2) is 4.98 Å². The molecular weight excluding hydrogens is 365 g/mol. The molecule has 0 spiro atoms. The molecule has 1 aromatic carbocycles. The summed E-state index contributed by atoms with van der Waals surface area (Å²) in [5, 5.41) is 6.21. The predicted octanol–water partition coefficient (Wildman–Crippen LogP) is 3.40. The number of amides is 1. The first kappa shape index (κ1) is 20.9. The average Bonchev–Trinajstić information content (AvgIpc) is 3.04. The normalized spacial score (nSPS) is 14.4. The van der Waals surface area contributed by atoms with E-state index < -0.39 is 0 Å². The van der Waals surface area contributed by atoms with Crippen molar-refractivity contribution in [1.29, 1.82) is 0 Å². The van der Waals surface area contributed by atoms with Gasteiger partial charge in [0.1, 0.15) is 5.69 Å². The van der Waals surface area contributed by atoms with Crippen LogP contribution >= 0.6 is 36.2 Å². The molecular formula is C17H23Cl2N3OS. The van der Waals surface area contributed by atoms with E-state index in [1.165, 1.54) is 5.56 Å². The quantitative estimate of drug-likeness (QED) is 0.873. The van der Waals surface area contributed by atoms with Gasteiger partial charge >= 0.3 is 0 Å². The van der Waals surface area contributed by atoms with Crippen molar-refractivity contribution in [2.45, 2.75) is 25.3 Å². The highest BCUT2D eigenvalue weighted by molar-refractivity contribution is 7.09. The van der Waals surface area contributed by atoms with Crippen LogP contribution < -0.4 is 5.32 Å². The molecule has 0 radical (unpaired) electrons. The summed E-state index contributed by atoms with van der Waals surface area (Å²) in [6, 6.07) is 10.6. The van der Waals surface area contributed by atoms with Crippen molar-refractivity contribution in [3.63, 3.8) is 0 Å². The molecule has 0 bridgehead atoms. The molecule has 7 heteroatoms. The number of nitrogens with zero attached hydrogens (tertiary/aromatic N) is 2. The monoisotopic (exact) mass is 387 g/mol. The van der Waals surface area contributed by atoms with Gasteiger partial charge in [0.05, 0.1) is 5.01 Å². The summed E-state index contributed by atoms with van der Waals surface area (Å²) in [6.07, 6.45) is 2.82. The summed E-state index contributed by atoms with van der Waals surface area (Å²) in [5.41, 5.74) is 1.81. The second-order valence-electron chi connectivity index (χ2n) is 5.69. The lowest BCUT2D eigenvalue weighted by atomic mass is 10.1. The lowest BCUT2D eigenvalue weighted by molar-refractivity contribution is 0.0698. The number of aromatic nitrogens is 1. The van der Waals surface area contributed by atoms with E-state index in [2.05, 4.69) is 22.4 Å². The number of carbonyl (C=O) groups is 1. The maximum atomic E-state index is 12.6. The van der Waals surface area contributed by atoms with Gasteiger partial charge in [-0.05, 0) is 31.5 Å². The number of halogens is 2. The van der Waals surface area contributed by atoms with E-state index in [4.69, 9.17) is 0 Å². The first-order valence-electron chi connectivity index (χ1n) is 7.70. The summed E-state index contributed by atoms with van der Waals surface area (Å²) in [4.78, 5) is 19.0. The third-order valence-corrected chi connectivity index (χ3v) is 4.99. The summed E-state index contributed by atoms with van der Waals surface area (Å²) in [6.45, 7) is 1.97. The van der Waals surface area contributed by atoms with Crippen molar-refractivity contribution in [2.24, 2.45) is 0 Å². The molecule has 4 nitrogen and oxygen atoms in total. The minimum absolute atomic E-state index is 0. The van der Waals surface area contributed by atoms with Crippen LogP contribution in [0.3, 0.4) is 0 Å². The fraction of sp³-hybridized carbons (Fsp3) is 0.412. The van der Waals surface area contributed by atoms with E-state index in [1.54, 1.807) is 11.3 Å². The molecule has 2 aromatic rings. The van der Waals surface area contributed by atoms with E-state index in [1.807, 2.05) is 35.5 Å². The minimum Gasteiger partial charge on any atom is -0.337 e. The molecule has 1 saturated heterocycles. The number of nitrogens with one attached hydrogen (secondary N) is 1. The molecule has 1 aliphatic rings. The zero-order chi connectivity index (χ0) is 15.4. The number of thiazole rings is 1. The molecule has 1 N–H and O–H groups in total. The highest BCUT2D eigenvalue weighted by Crippen LogP contribution is 2.18. The molecule has 1 fully saturated rings. The third-order valence-electron chi connectivity index (χ3n) is 4.15. The number of rotatable bonds is 4. The number of hydrogen-bond acceptors (Lipinski definition) is 4. The summed E-state index contributed by atoms with van der Waals surface area (Å²) in [7, 11) is 1.90. The second kappa shape index (κ2) is 9.99. The topological polar surface area (TPSA) is 45.2 Å². The van der Waals surface area contributed by atoms with Gasteiger partial charge in [0.2, 0.25) is 0 Å². The summed E-state index contributed by atoms with van der Waals surface area (Å²) in [5.74, 6) is 0.0439. The lowest BCUT2D eigenvalue weighted by Gasteiger charge is -2.31. The molecule has 2 heterocycles. The highest BCUT2D eigenvalue weighted by atomic mass is 35.5. The Balaban J connectivity index is 0.00000144. The van der Waals surface area contributed by atoms with Gasteiger partial charge in [0.15, 0.2) is 0 Å². The Kier molecular flexibility index (Phi) is 8.70.